The number of anilines is 5. The number of rotatable bonds is 3. The minimum absolute atomic E-state index is 0.00817. The van der Waals surface area contributed by atoms with Crippen LogP contribution in [0, 0.1) is 0 Å². The summed E-state index contributed by atoms with van der Waals surface area (Å²) in [6.45, 7) is 27.1. The van der Waals surface area contributed by atoms with Crippen LogP contribution in [0.2, 0.25) is 0 Å². The summed E-state index contributed by atoms with van der Waals surface area (Å²) in [4.78, 5) is 2.38. The summed E-state index contributed by atoms with van der Waals surface area (Å²) < 4.78 is 6.74. The van der Waals surface area contributed by atoms with Gasteiger partial charge in [-0.25, -0.2) is 0 Å². The van der Waals surface area contributed by atoms with Crippen LogP contribution in [0.5, 0.6) is 11.5 Å². The zero-order chi connectivity index (χ0) is 31.5. The molecule has 0 aromatic heterocycles. The van der Waals surface area contributed by atoms with Crippen molar-refractivity contribution in [2.24, 2.45) is 0 Å². The van der Waals surface area contributed by atoms with Gasteiger partial charge in [-0.05, 0) is 92.4 Å². The van der Waals surface area contributed by atoms with Crippen LogP contribution in [0.25, 0.3) is 0 Å². The van der Waals surface area contributed by atoms with Crippen molar-refractivity contribution in [1.82, 2.24) is 0 Å². The van der Waals surface area contributed by atoms with E-state index in [4.69, 9.17) is 4.74 Å². The lowest BCUT2D eigenvalue weighted by atomic mass is 9.85. The van der Waals surface area contributed by atoms with Crippen LogP contribution >= 0.6 is 0 Å². The third kappa shape index (κ3) is 6.32. The summed E-state index contributed by atoms with van der Waals surface area (Å²) in [5.74, 6) is 1.76. The molecule has 0 atom stereocenters. The summed E-state index contributed by atoms with van der Waals surface area (Å²) >= 11 is 0. The quantitative estimate of drug-likeness (QED) is 0.232. The van der Waals surface area contributed by atoms with Gasteiger partial charge in [-0.2, -0.15) is 0 Å². The second-order valence-corrected chi connectivity index (χ2v) is 16.2. The molecule has 0 saturated heterocycles. The largest absolute Gasteiger partial charge is 0.453 e. The second-order valence-electron chi connectivity index (χ2n) is 16.2. The Morgan fingerprint density at radius 2 is 0.837 bits per heavy atom. The van der Waals surface area contributed by atoms with Gasteiger partial charge < -0.3 is 15.0 Å². The third-order valence-electron chi connectivity index (χ3n) is 8.49. The van der Waals surface area contributed by atoms with E-state index in [1.54, 1.807) is 0 Å². The molecule has 3 heteroatoms. The molecule has 0 amide bonds. The highest BCUT2D eigenvalue weighted by atomic mass is 16.5. The molecule has 0 spiro atoms. The van der Waals surface area contributed by atoms with E-state index in [0.29, 0.717) is 0 Å². The topological polar surface area (TPSA) is 24.5 Å². The Balaban J connectivity index is 1.72. The normalized spacial score (nSPS) is 13.7. The summed E-state index contributed by atoms with van der Waals surface area (Å²) in [6, 6.07) is 29.1. The Morgan fingerprint density at radius 1 is 0.442 bits per heavy atom. The molecule has 1 heterocycles. The zero-order valence-electron chi connectivity index (χ0n) is 28.4. The van der Waals surface area contributed by atoms with E-state index in [9.17, 15) is 0 Å². The van der Waals surface area contributed by atoms with Gasteiger partial charge in [0.25, 0.3) is 0 Å². The first kappa shape index (κ1) is 30.7. The fraction of sp³-hybridized carbons (Fsp3) is 0.400. The van der Waals surface area contributed by atoms with E-state index in [2.05, 4.69) is 172 Å². The predicted octanol–water partition coefficient (Wildman–Crippen LogP) is 12.2. The van der Waals surface area contributed by atoms with E-state index in [1.165, 1.54) is 22.3 Å². The predicted molar refractivity (Wildman–Crippen MR) is 186 cm³/mol. The average Bonchev–Trinajstić information content (AvgIpc) is 2.89. The Labute approximate surface area is 260 Å². The second kappa shape index (κ2) is 10.5. The van der Waals surface area contributed by atoms with Crippen LogP contribution in [0.4, 0.5) is 28.4 Å². The van der Waals surface area contributed by atoms with Crippen molar-refractivity contribution in [2.75, 3.05) is 10.2 Å². The van der Waals surface area contributed by atoms with Crippen molar-refractivity contribution >= 4 is 28.4 Å². The molecule has 1 N–H and O–H groups in total. The van der Waals surface area contributed by atoms with Crippen molar-refractivity contribution in [3.63, 3.8) is 0 Å². The van der Waals surface area contributed by atoms with E-state index in [-0.39, 0.29) is 21.7 Å². The molecule has 1 aliphatic rings. The molecular formula is C40H50N2O. The molecule has 0 radical (unpaired) electrons. The van der Waals surface area contributed by atoms with Crippen molar-refractivity contribution < 1.29 is 4.74 Å². The first-order chi connectivity index (χ1) is 19.8. The molecule has 43 heavy (non-hydrogen) atoms. The maximum atomic E-state index is 6.74. The van der Waals surface area contributed by atoms with E-state index < -0.39 is 0 Å². The molecule has 1 aliphatic heterocycles. The molecule has 0 fully saturated rings. The van der Waals surface area contributed by atoms with Crippen LogP contribution in [0.15, 0.2) is 78.9 Å². The van der Waals surface area contributed by atoms with Crippen LogP contribution < -0.4 is 15.0 Å². The summed E-state index contributed by atoms with van der Waals surface area (Å²) in [7, 11) is 0. The standard InChI is InChI=1S/C40H50N2O/c1-37(2,3)26-13-18-30(19-14-26)41-31-20-15-27(38(4,5)6)23-34(31)42-32-21-16-28(39(7,8)9)24-35(32)43-36-25-29(40(10,11)12)17-22-33(36)42/h13-25,41H,1-12H3. The maximum Gasteiger partial charge on any atom is 0.151 e. The average molecular weight is 575 g/mol. The van der Waals surface area contributed by atoms with E-state index in [0.717, 1.165) is 39.9 Å². The third-order valence-corrected chi connectivity index (χ3v) is 8.49. The fourth-order valence-electron chi connectivity index (χ4n) is 5.50. The van der Waals surface area contributed by atoms with E-state index in [1.807, 2.05) is 0 Å². The fourth-order valence-corrected chi connectivity index (χ4v) is 5.50. The molecule has 0 bridgehead atoms. The summed E-state index contributed by atoms with van der Waals surface area (Å²) in [5, 5.41) is 3.78. The molecule has 0 unspecified atom stereocenters. The Bertz CT molecular complexity index is 1570. The smallest absolute Gasteiger partial charge is 0.151 e. The highest BCUT2D eigenvalue weighted by Gasteiger charge is 2.31. The lowest BCUT2D eigenvalue weighted by Crippen LogP contribution is -2.21. The van der Waals surface area contributed by atoms with Crippen molar-refractivity contribution in [3.8, 4) is 11.5 Å². The minimum atomic E-state index is -0.00817. The van der Waals surface area contributed by atoms with Gasteiger partial charge in [0.15, 0.2) is 11.5 Å². The van der Waals surface area contributed by atoms with Crippen molar-refractivity contribution in [2.45, 2.75) is 105 Å². The number of nitrogens with one attached hydrogen (secondary N) is 1. The van der Waals surface area contributed by atoms with Gasteiger partial charge in [0.05, 0.1) is 22.7 Å². The minimum Gasteiger partial charge on any atom is -0.453 e. The Kier molecular flexibility index (Phi) is 7.48. The number of hydrogen-bond donors (Lipinski definition) is 1. The van der Waals surface area contributed by atoms with Crippen LogP contribution in [0.3, 0.4) is 0 Å². The van der Waals surface area contributed by atoms with Crippen molar-refractivity contribution in [1.29, 1.82) is 0 Å². The number of fused-ring (bicyclic) bond motifs is 2. The van der Waals surface area contributed by atoms with Gasteiger partial charge in [-0.1, -0.05) is 113 Å². The van der Waals surface area contributed by atoms with Crippen LogP contribution in [0.1, 0.15) is 105 Å². The van der Waals surface area contributed by atoms with Gasteiger partial charge in [0.1, 0.15) is 0 Å². The molecule has 3 nitrogen and oxygen atoms in total. The lowest BCUT2D eigenvalue weighted by molar-refractivity contribution is 0.469. The highest BCUT2D eigenvalue weighted by Crippen LogP contribution is 2.54. The van der Waals surface area contributed by atoms with Crippen LogP contribution in [-0.4, -0.2) is 0 Å². The molecule has 0 saturated carbocycles. The lowest BCUT2D eigenvalue weighted by Gasteiger charge is -2.36. The number of benzene rings is 4. The maximum absolute atomic E-state index is 6.74. The van der Waals surface area contributed by atoms with Gasteiger partial charge in [-0.3, -0.25) is 0 Å². The molecule has 226 valence electrons. The molecular weight excluding hydrogens is 524 g/mol. The molecule has 4 aromatic rings. The molecule has 5 rings (SSSR count). The number of hydrogen-bond acceptors (Lipinski definition) is 3. The van der Waals surface area contributed by atoms with Gasteiger partial charge in [0, 0.05) is 5.69 Å². The first-order valence-corrected chi connectivity index (χ1v) is 15.6. The molecule has 4 aromatic carbocycles. The summed E-state index contributed by atoms with van der Waals surface area (Å²) in [5.41, 5.74) is 10.5. The van der Waals surface area contributed by atoms with Gasteiger partial charge >= 0.3 is 0 Å². The first-order valence-electron chi connectivity index (χ1n) is 15.6. The SMILES string of the molecule is CC(C)(C)c1ccc(Nc2ccc(C(C)(C)C)cc2N2c3ccc(C(C)(C)C)cc3Oc3cc(C(C)(C)C)ccc32)cc1. The Hall–Kier alpha value is -3.72. The van der Waals surface area contributed by atoms with E-state index >= 15 is 0 Å². The summed E-state index contributed by atoms with van der Waals surface area (Å²) in [6.07, 6.45) is 0. The van der Waals surface area contributed by atoms with Gasteiger partial charge in [-0.15, -0.1) is 0 Å². The van der Waals surface area contributed by atoms with Crippen LogP contribution in [-0.2, 0) is 21.7 Å². The monoisotopic (exact) mass is 574 g/mol. The van der Waals surface area contributed by atoms with Crippen molar-refractivity contribution in [3.05, 3.63) is 101 Å². The zero-order valence-corrected chi connectivity index (χ0v) is 28.4. The Morgan fingerprint density at radius 3 is 1.28 bits per heavy atom. The molecule has 0 aliphatic carbocycles. The highest BCUT2D eigenvalue weighted by molar-refractivity contribution is 5.92. The van der Waals surface area contributed by atoms with Gasteiger partial charge in [0.2, 0.25) is 0 Å². The number of nitrogens with zero attached hydrogens (tertiary/aromatic N) is 1. The number of ether oxygens (including phenoxy) is 1.